The zero-order valence-electron chi connectivity index (χ0n) is 21.1. The molecule has 2 heterocycles. The average Bonchev–Trinajstić information content (AvgIpc) is 3.33. The molecule has 0 amide bonds. The first kappa shape index (κ1) is 25.5. The van der Waals surface area contributed by atoms with Gasteiger partial charge in [-0.05, 0) is 74.4 Å². The molecule has 3 aromatic carbocycles. The number of benzene rings is 3. The largest absolute Gasteiger partial charge is 0.490 e. The fourth-order valence-corrected chi connectivity index (χ4v) is 4.65. The Hall–Kier alpha value is -4.17. The molecular weight excluding hydrogens is 546 g/mol. The number of fused-ring (bicyclic) bond motifs is 2. The maximum atomic E-state index is 13.6. The molecule has 0 N–H and O–H groups in total. The number of allylic oxidation sites excluding steroid dienone is 1. The van der Waals surface area contributed by atoms with E-state index in [9.17, 15) is 4.79 Å². The van der Waals surface area contributed by atoms with Gasteiger partial charge in [0.15, 0.2) is 17.3 Å². The van der Waals surface area contributed by atoms with E-state index in [1.165, 1.54) is 4.68 Å². The lowest BCUT2D eigenvalue weighted by Crippen LogP contribution is -2.20. The standard InChI is InChI=1S/C30H26BrN3O4/c1-4-9-20-14-19(15-26(36-5-2)28(20)37-6-3)18-32-34-29(33-24-11-8-7-10-23(24)30(34)35)27-17-21-16-22(31)12-13-25(21)38-27/h4,7-8,10-18H,1,5-6,9H2,2-3H3. The molecule has 0 unspecified atom stereocenters. The molecule has 0 fully saturated rings. The normalized spacial score (nSPS) is 11.4. The van der Waals surface area contributed by atoms with Crippen molar-refractivity contribution in [2.24, 2.45) is 5.10 Å². The van der Waals surface area contributed by atoms with Crippen molar-refractivity contribution >= 4 is 44.0 Å². The van der Waals surface area contributed by atoms with Gasteiger partial charge in [0.1, 0.15) is 5.58 Å². The van der Waals surface area contributed by atoms with Crippen LogP contribution in [0.25, 0.3) is 33.5 Å². The van der Waals surface area contributed by atoms with Gasteiger partial charge in [-0.1, -0.05) is 34.1 Å². The zero-order valence-corrected chi connectivity index (χ0v) is 22.7. The second-order valence-electron chi connectivity index (χ2n) is 8.47. The van der Waals surface area contributed by atoms with Crippen LogP contribution in [0.15, 0.2) is 92.1 Å². The SMILES string of the molecule is C=CCc1cc(C=Nn2c(-c3cc4cc(Br)ccc4o3)nc3ccccc3c2=O)cc(OCC)c1OCC. The molecule has 0 atom stereocenters. The third kappa shape index (κ3) is 4.99. The molecule has 38 heavy (non-hydrogen) atoms. The van der Waals surface area contributed by atoms with E-state index in [4.69, 9.17) is 18.9 Å². The van der Waals surface area contributed by atoms with Crippen molar-refractivity contribution in [1.82, 2.24) is 9.66 Å². The number of furan rings is 1. The molecule has 0 aliphatic carbocycles. The van der Waals surface area contributed by atoms with Crippen LogP contribution < -0.4 is 15.0 Å². The van der Waals surface area contributed by atoms with E-state index in [-0.39, 0.29) is 5.56 Å². The van der Waals surface area contributed by atoms with E-state index < -0.39 is 0 Å². The number of halogens is 1. The number of ether oxygens (including phenoxy) is 2. The minimum atomic E-state index is -0.300. The van der Waals surface area contributed by atoms with Gasteiger partial charge in [0, 0.05) is 15.4 Å². The summed E-state index contributed by atoms with van der Waals surface area (Å²) in [5.41, 5.74) is 2.61. The number of para-hydroxylation sites is 1. The Balaban J connectivity index is 1.68. The van der Waals surface area contributed by atoms with E-state index in [2.05, 4.69) is 27.6 Å². The van der Waals surface area contributed by atoms with Crippen molar-refractivity contribution < 1.29 is 13.9 Å². The molecule has 192 valence electrons. The summed E-state index contributed by atoms with van der Waals surface area (Å²) in [5, 5.41) is 5.94. The first-order valence-electron chi connectivity index (χ1n) is 12.3. The van der Waals surface area contributed by atoms with Gasteiger partial charge in [-0.3, -0.25) is 4.79 Å². The van der Waals surface area contributed by atoms with Crippen LogP contribution in [-0.4, -0.2) is 29.1 Å². The van der Waals surface area contributed by atoms with Crippen LogP contribution in [0.3, 0.4) is 0 Å². The molecule has 0 bridgehead atoms. The summed E-state index contributed by atoms with van der Waals surface area (Å²) in [7, 11) is 0. The van der Waals surface area contributed by atoms with Crippen LogP contribution in [0.5, 0.6) is 11.5 Å². The van der Waals surface area contributed by atoms with Crippen LogP contribution >= 0.6 is 15.9 Å². The van der Waals surface area contributed by atoms with E-state index in [1.807, 2.05) is 62.4 Å². The Bertz CT molecular complexity index is 1740. The van der Waals surface area contributed by atoms with Crippen molar-refractivity contribution in [2.75, 3.05) is 13.2 Å². The second kappa shape index (κ2) is 11.1. The quantitative estimate of drug-likeness (QED) is 0.141. The average molecular weight is 572 g/mol. The lowest BCUT2D eigenvalue weighted by atomic mass is 10.1. The summed E-state index contributed by atoms with van der Waals surface area (Å²) in [6.07, 6.45) is 4.02. The van der Waals surface area contributed by atoms with Crippen molar-refractivity contribution in [3.05, 3.63) is 99.3 Å². The van der Waals surface area contributed by atoms with Crippen LogP contribution in [0.1, 0.15) is 25.0 Å². The molecule has 2 aromatic heterocycles. The third-order valence-electron chi connectivity index (χ3n) is 5.88. The number of hydrogen-bond acceptors (Lipinski definition) is 6. The van der Waals surface area contributed by atoms with E-state index in [1.54, 1.807) is 24.4 Å². The number of hydrogen-bond donors (Lipinski definition) is 0. The smallest absolute Gasteiger partial charge is 0.282 e. The Morgan fingerprint density at radius 2 is 1.89 bits per heavy atom. The van der Waals surface area contributed by atoms with Crippen LogP contribution in [0, 0.1) is 0 Å². The molecule has 0 saturated heterocycles. The number of aromatic nitrogens is 2. The van der Waals surface area contributed by atoms with E-state index >= 15 is 0 Å². The fourth-order valence-electron chi connectivity index (χ4n) is 4.28. The lowest BCUT2D eigenvalue weighted by Gasteiger charge is -2.15. The topological polar surface area (TPSA) is 78.9 Å². The molecule has 5 rings (SSSR count). The maximum Gasteiger partial charge on any atom is 0.282 e. The van der Waals surface area contributed by atoms with E-state index in [0.717, 1.165) is 21.0 Å². The monoisotopic (exact) mass is 571 g/mol. The first-order chi connectivity index (χ1) is 18.5. The highest BCUT2D eigenvalue weighted by Gasteiger charge is 2.17. The van der Waals surface area contributed by atoms with Gasteiger partial charge in [0.2, 0.25) is 5.82 Å². The summed E-state index contributed by atoms with van der Waals surface area (Å²) >= 11 is 3.49. The molecule has 5 aromatic rings. The Morgan fingerprint density at radius 1 is 1.08 bits per heavy atom. The number of nitrogens with zero attached hydrogens (tertiary/aromatic N) is 3. The van der Waals surface area contributed by atoms with Gasteiger partial charge < -0.3 is 13.9 Å². The second-order valence-corrected chi connectivity index (χ2v) is 9.39. The van der Waals surface area contributed by atoms with Gasteiger partial charge in [-0.2, -0.15) is 9.78 Å². The minimum absolute atomic E-state index is 0.300. The van der Waals surface area contributed by atoms with Gasteiger partial charge in [0.05, 0.1) is 30.3 Å². The van der Waals surface area contributed by atoms with Gasteiger partial charge >= 0.3 is 0 Å². The first-order valence-corrected chi connectivity index (χ1v) is 13.1. The maximum absolute atomic E-state index is 13.6. The highest BCUT2D eigenvalue weighted by atomic mass is 79.9. The molecule has 8 heteroatoms. The summed E-state index contributed by atoms with van der Waals surface area (Å²) in [4.78, 5) is 18.3. The highest BCUT2D eigenvalue weighted by molar-refractivity contribution is 9.10. The summed E-state index contributed by atoms with van der Waals surface area (Å²) in [6, 6.07) is 18.6. The lowest BCUT2D eigenvalue weighted by molar-refractivity contribution is 0.285. The summed E-state index contributed by atoms with van der Waals surface area (Å²) < 4.78 is 20.0. The van der Waals surface area contributed by atoms with Gasteiger partial charge in [-0.15, -0.1) is 6.58 Å². The fraction of sp³-hybridized carbons (Fsp3) is 0.167. The molecule has 0 aliphatic rings. The minimum Gasteiger partial charge on any atom is -0.490 e. The Morgan fingerprint density at radius 3 is 2.68 bits per heavy atom. The third-order valence-corrected chi connectivity index (χ3v) is 6.37. The van der Waals surface area contributed by atoms with Crippen molar-refractivity contribution in [2.45, 2.75) is 20.3 Å². The van der Waals surface area contributed by atoms with Crippen molar-refractivity contribution in [3.63, 3.8) is 0 Å². The van der Waals surface area contributed by atoms with E-state index in [0.29, 0.717) is 59.2 Å². The molecule has 7 nitrogen and oxygen atoms in total. The molecular formula is C30H26BrN3O4. The highest BCUT2D eigenvalue weighted by Crippen LogP contribution is 2.34. The van der Waals surface area contributed by atoms with Crippen LogP contribution in [0.4, 0.5) is 0 Å². The summed E-state index contributed by atoms with van der Waals surface area (Å²) in [5.74, 6) is 2.04. The zero-order chi connectivity index (χ0) is 26.6. The Labute approximate surface area is 228 Å². The predicted octanol–water partition coefficient (Wildman–Crippen LogP) is 6.98. The molecule has 0 radical (unpaired) electrons. The van der Waals surface area contributed by atoms with Crippen LogP contribution in [-0.2, 0) is 6.42 Å². The van der Waals surface area contributed by atoms with Crippen molar-refractivity contribution in [1.29, 1.82) is 0 Å². The molecule has 0 saturated carbocycles. The van der Waals surface area contributed by atoms with Gasteiger partial charge in [0.25, 0.3) is 5.56 Å². The molecule has 0 aliphatic heterocycles. The Kier molecular flexibility index (Phi) is 7.42. The van der Waals surface area contributed by atoms with Gasteiger partial charge in [-0.25, -0.2) is 4.98 Å². The molecule has 0 spiro atoms. The number of rotatable bonds is 9. The van der Waals surface area contributed by atoms with Crippen molar-refractivity contribution in [3.8, 4) is 23.1 Å². The predicted molar refractivity (Wildman–Crippen MR) is 155 cm³/mol. The summed E-state index contributed by atoms with van der Waals surface area (Å²) in [6.45, 7) is 8.71. The van der Waals surface area contributed by atoms with Crippen LogP contribution in [0.2, 0.25) is 0 Å².